The smallest absolute Gasteiger partial charge is 0.315 e. The Kier molecular flexibility index (Phi) is 5.72. The number of nitrogens with zero attached hydrogens (tertiary/aromatic N) is 1. The lowest BCUT2D eigenvalue weighted by Gasteiger charge is -2.32. The third kappa shape index (κ3) is 4.34. The minimum atomic E-state index is -0.0530. The molecule has 0 bridgehead atoms. The zero-order valence-corrected chi connectivity index (χ0v) is 15.1. The number of piperidine rings is 1. The van der Waals surface area contributed by atoms with Gasteiger partial charge in [0.1, 0.15) is 0 Å². The summed E-state index contributed by atoms with van der Waals surface area (Å²) >= 11 is 7.95. The van der Waals surface area contributed by atoms with E-state index in [1.165, 1.54) is 4.90 Å². The molecule has 126 valence electrons. The standard InChI is InChI=1S/C17H24ClN3OS/c1-2-21-8-5-13(6-9-21)19-17(22)20-15-7-10-23-16-4-3-12(18)11-14(15)16/h3-4,11,13,15H,2,5-10H2,1H3,(H2,19,20,22)/t15-/m0/s1. The molecule has 2 aliphatic heterocycles. The fraction of sp³-hybridized carbons (Fsp3) is 0.588. The Labute approximate surface area is 147 Å². The van der Waals surface area contributed by atoms with Crippen molar-refractivity contribution < 1.29 is 4.79 Å². The summed E-state index contributed by atoms with van der Waals surface area (Å²) < 4.78 is 0. The van der Waals surface area contributed by atoms with E-state index in [4.69, 9.17) is 11.6 Å². The molecule has 1 atom stereocenters. The second-order valence-corrected chi connectivity index (χ2v) is 7.77. The molecule has 4 nitrogen and oxygen atoms in total. The molecule has 23 heavy (non-hydrogen) atoms. The highest BCUT2D eigenvalue weighted by Crippen LogP contribution is 2.37. The number of nitrogens with one attached hydrogen (secondary N) is 2. The molecule has 6 heteroatoms. The van der Waals surface area contributed by atoms with Gasteiger partial charge in [-0.3, -0.25) is 0 Å². The quantitative estimate of drug-likeness (QED) is 0.871. The predicted octanol–water partition coefficient (Wildman–Crippen LogP) is 3.66. The van der Waals surface area contributed by atoms with E-state index in [-0.39, 0.29) is 18.1 Å². The fourth-order valence-electron chi connectivity index (χ4n) is 3.29. The van der Waals surface area contributed by atoms with Gasteiger partial charge in [-0.05, 0) is 49.6 Å². The number of carbonyl (C=O) groups is 1. The molecule has 0 aromatic heterocycles. The normalized spacial score (nSPS) is 22.4. The summed E-state index contributed by atoms with van der Waals surface area (Å²) in [4.78, 5) is 16.0. The average Bonchev–Trinajstić information content (AvgIpc) is 2.56. The van der Waals surface area contributed by atoms with Gasteiger partial charge in [0.25, 0.3) is 0 Å². The minimum absolute atomic E-state index is 0.0530. The van der Waals surface area contributed by atoms with Gasteiger partial charge in [0.15, 0.2) is 0 Å². The van der Waals surface area contributed by atoms with Crippen molar-refractivity contribution in [3.05, 3.63) is 28.8 Å². The fourth-order valence-corrected chi connectivity index (χ4v) is 4.58. The molecule has 1 fully saturated rings. The Hall–Kier alpha value is -0.910. The van der Waals surface area contributed by atoms with Crippen LogP contribution in [0.25, 0.3) is 0 Å². The maximum absolute atomic E-state index is 12.3. The second kappa shape index (κ2) is 7.77. The summed E-state index contributed by atoms with van der Waals surface area (Å²) in [6, 6.07) is 6.23. The summed E-state index contributed by atoms with van der Waals surface area (Å²) in [6.07, 6.45) is 3.01. The van der Waals surface area contributed by atoms with Crippen LogP contribution in [-0.2, 0) is 0 Å². The van der Waals surface area contributed by atoms with Crippen molar-refractivity contribution >= 4 is 29.4 Å². The molecule has 2 heterocycles. The number of carbonyl (C=O) groups excluding carboxylic acids is 1. The highest BCUT2D eigenvalue weighted by molar-refractivity contribution is 7.99. The Bertz CT molecular complexity index is 561. The Balaban J connectivity index is 1.56. The first-order valence-corrected chi connectivity index (χ1v) is 9.73. The molecular formula is C17H24ClN3OS. The second-order valence-electron chi connectivity index (χ2n) is 6.20. The maximum Gasteiger partial charge on any atom is 0.315 e. The molecule has 2 aliphatic rings. The van der Waals surface area contributed by atoms with Crippen molar-refractivity contribution in [3.63, 3.8) is 0 Å². The van der Waals surface area contributed by atoms with Gasteiger partial charge in [-0.1, -0.05) is 18.5 Å². The number of halogens is 1. The van der Waals surface area contributed by atoms with Gasteiger partial charge in [0, 0.05) is 34.8 Å². The van der Waals surface area contributed by atoms with Crippen LogP contribution in [0.15, 0.2) is 23.1 Å². The number of benzene rings is 1. The van der Waals surface area contributed by atoms with E-state index >= 15 is 0 Å². The van der Waals surface area contributed by atoms with Crippen LogP contribution >= 0.6 is 23.4 Å². The van der Waals surface area contributed by atoms with Gasteiger partial charge >= 0.3 is 6.03 Å². The minimum Gasteiger partial charge on any atom is -0.335 e. The molecule has 3 rings (SSSR count). The SMILES string of the molecule is CCN1CCC(NC(=O)N[C@H]2CCSc3ccc(Cl)cc32)CC1. The Morgan fingerprint density at radius 3 is 2.83 bits per heavy atom. The third-order valence-electron chi connectivity index (χ3n) is 4.69. The molecule has 0 aliphatic carbocycles. The highest BCUT2D eigenvalue weighted by atomic mass is 35.5. The molecule has 0 spiro atoms. The van der Waals surface area contributed by atoms with Crippen LogP contribution < -0.4 is 10.6 Å². The zero-order valence-electron chi connectivity index (χ0n) is 13.5. The van der Waals surface area contributed by atoms with Gasteiger partial charge in [-0.25, -0.2) is 4.79 Å². The molecule has 2 amide bonds. The summed E-state index contributed by atoms with van der Waals surface area (Å²) in [5.74, 6) is 1.02. The van der Waals surface area contributed by atoms with Gasteiger partial charge in [0.05, 0.1) is 6.04 Å². The lowest BCUT2D eigenvalue weighted by molar-refractivity contribution is 0.197. The first kappa shape index (κ1) is 16.9. The number of amides is 2. The average molecular weight is 354 g/mol. The lowest BCUT2D eigenvalue weighted by atomic mass is 10.0. The highest BCUT2D eigenvalue weighted by Gasteiger charge is 2.24. The van der Waals surface area contributed by atoms with Gasteiger partial charge in [-0.2, -0.15) is 0 Å². The van der Waals surface area contributed by atoms with Crippen LogP contribution in [-0.4, -0.2) is 42.4 Å². The molecule has 1 saturated heterocycles. The zero-order chi connectivity index (χ0) is 16.2. The van der Waals surface area contributed by atoms with Crippen LogP contribution in [0.5, 0.6) is 0 Å². The number of hydrogen-bond acceptors (Lipinski definition) is 3. The van der Waals surface area contributed by atoms with E-state index < -0.39 is 0 Å². The van der Waals surface area contributed by atoms with E-state index in [1.54, 1.807) is 0 Å². The van der Waals surface area contributed by atoms with Crippen molar-refractivity contribution in [2.75, 3.05) is 25.4 Å². The van der Waals surface area contributed by atoms with Gasteiger partial charge < -0.3 is 15.5 Å². The molecule has 2 N–H and O–H groups in total. The van der Waals surface area contributed by atoms with Crippen LogP contribution in [0.2, 0.25) is 5.02 Å². The molecule has 1 aromatic carbocycles. The third-order valence-corrected chi connectivity index (χ3v) is 6.04. The van der Waals surface area contributed by atoms with Crippen molar-refractivity contribution in [2.24, 2.45) is 0 Å². The van der Waals surface area contributed by atoms with E-state index in [1.807, 2.05) is 23.9 Å². The summed E-state index contributed by atoms with van der Waals surface area (Å²) in [5.41, 5.74) is 1.14. The number of urea groups is 1. The van der Waals surface area contributed by atoms with Crippen molar-refractivity contribution in [2.45, 2.75) is 43.2 Å². The predicted molar refractivity (Wildman–Crippen MR) is 96.3 cm³/mol. The first-order valence-electron chi connectivity index (χ1n) is 8.37. The first-order chi connectivity index (χ1) is 11.2. The van der Waals surface area contributed by atoms with Crippen LogP contribution in [0.4, 0.5) is 4.79 Å². The van der Waals surface area contributed by atoms with Crippen LogP contribution in [0.3, 0.4) is 0 Å². The number of fused-ring (bicyclic) bond motifs is 1. The van der Waals surface area contributed by atoms with E-state index in [0.717, 1.165) is 55.2 Å². The van der Waals surface area contributed by atoms with Crippen LogP contribution in [0, 0.1) is 0 Å². The van der Waals surface area contributed by atoms with E-state index in [2.05, 4.69) is 28.5 Å². The van der Waals surface area contributed by atoms with Gasteiger partial charge in [0.2, 0.25) is 0 Å². The monoisotopic (exact) mass is 353 g/mol. The largest absolute Gasteiger partial charge is 0.335 e. The molecular weight excluding hydrogens is 330 g/mol. The lowest BCUT2D eigenvalue weighted by Crippen LogP contribution is -2.48. The molecule has 0 unspecified atom stereocenters. The summed E-state index contributed by atoms with van der Waals surface area (Å²) in [6.45, 7) is 5.42. The maximum atomic E-state index is 12.3. The number of hydrogen-bond donors (Lipinski definition) is 2. The Morgan fingerprint density at radius 1 is 1.30 bits per heavy atom. The molecule has 1 aromatic rings. The number of likely N-dealkylation sites (tertiary alicyclic amines) is 1. The van der Waals surface area contributed by atoms with Crippen molar-refractivity contribution in [3.8, 4) is 0 Å². The van der Waals surface area contributed by atoms with Crippen molar-refractivity contribution in [1.29, 1.82) is 0 Å². The van der Waals surface area contributed by atoms with E-state index in [9.17, 15) is 4.79 Å². The summed E-state index contributed by atoms with van der Waals surface area (Å²) in [5, 5.41) is 7.01. The topological polar surface area (TPSA) is 44.4 Å². The Morgan fingerprint density at radius 2 is 2.09 bits per heavy atom. The molecule has 0 radical (unpaired) electrons. The number of rotatable bonds is 3. The van der Waals surface area contributed by atoms with Gasteiger partial charge in [-0.15, -0.1) is 11.8 Å². The molecule has 0 saturated carbocycles. The van der Waals surface area contributed by atoms with E-state index in [0.29, 0.717) is 0 Å². The summed E-state index contributed by atoms with van der Waals surface area (Å²) in [7, 11) is 0. The number of thioether (sulfide) groups is 1. The van der Waals surface area contributed by atoms with Crippen LogP contribution in [0.1, 0.15) is 37.8 Å². The van der Waals surface area contributed by atoms with Crippen molar-refractivity contribution in [1.82, 2.24) is 15.5 Å².